The zero-order valence-corrected chi connectivity index (χ0v) is 11.2. The molecule has 0 aliphatic heterocycles. The van der Waals surface area contributed by atoms with Gasteiger partial charge in [-0.05, 0) is 39.2 Å². The first-order valence-electron chi connectivity index (χ1n) is 6.45. The lowest BCUT2D eigenvalue weighted by Gasteiger charge is -2.22. The lowest BCUT2D eigenvalue weighted by atomic mass is 9.99. The molecule has 0 saturated heterocycles. The van der Waals surface area contributed by atoms with Crippen molar-refractivity contribution in [1.82, 2.24) is 5.32 Å². The number of hydrogen-bond acceptors (Lipinski definition) is 2. The third-order valence-electron chi connectivity index (χ3n) is 2.70. The Kier molecular flexibility index (Phi) is 9.12. The molecule has 0 aliphatic rings. The van der Waals surface area contributed by atoms with Crippen LogP contribution in [0.15, 0.2) is 0 Å². The van der Waals surface area contributed by atoms with Crippen LogP contribution < -0.4 is 5.32 Å². The number of nitrogens with one attached hydrogen (secondary N) is 1. The van der Waals surface area contributed by atoms with E-state index in [1.807, 2.05) is 0 Å². The first-order chi connectivity index (χ1) is 7.10. The largest absolute Gasteiger partial charge is 0.377 e. The van der Waals surface area contributed by atoms with Gasteiger partial charge in [-0.1, -0.05) is 27.2 Å². The average Bonchev–Trinajstić information content (AvgIpc) is 2.21. The van der Waals surface area contributed by atoms with E-state index in [2.05, 4.69) is 39.9 Å². The van der Waals surface area contributed by atoms with Crippen LogP contribution in [0.1, 0.15) is 53.9 Å². The van der Waals surface area contributed by atoms with Gasteiger partial charge < -0.3 is 10.1 Å². The Morgan fingerprint density at radius 2 is 1.80 bits per heavy atom. The SMILES string of the molecule is CCCNC(COC(C)C)CC(C)CC. The fourth-order valence-corrected chi connectivity index (χ4v) is 1.52. The van der Waals surface area contributed by atoms with Crippen LogP contribution in [-0.4, -0.2) is 25.3 Å². The van der Waals surface area contributed by atoms with Crippen LogP contribution in [0.2, 0.25) is 0 Å². The Balaban J connectivity index is 3.83. The maximum atomic E-state index is 5.68. The van der Waals surface area contributed by atoms with E-state index in [0.29, 0.717) is 12.1 Å². The fourth-order valence-electron chi connectivity index (χ4n) is 1.52. The van der Waals surface area contributed by atoms with Crippen LogP contribution in [-0.2, 0) is 4.74 Å². The van der Waals surface area contributed by atoms with Crippen LogP contribution in [0.3, 0.4) is 0 Å². The van der Waals surface area contributed by atoms with Crippen LogP contribution in [0.25, 0.3) is 0 Å². The quantitative estimate of drug-likeness (QED) is 0.637. The Bertz CT molecular complexity index is 136. The van der Waals surface area contributed by atoms with Gasteiger partial charge in [0.15, 0.2) is 0 Å². The minimum atomic E-state index is 0.341. The maximum absolute atomic E-state index is 5.68. The molecule has 0 aromatic rings. The summed E-state index contributed by atoms with van der Waals surface area (Å²) in [4.78, 5) is 0. The highest BCUT2D eigenvalue weighted by Crippen LogP contribution is 2.10. The van der Waals surface area contributed by atoms with Crippen molar-refractivity contribution < 1.29 is 4.74 Å². The van der Waals surface area contributed by atoms with Crippen LogP contribution >= 0.6 is 0 Å². The second kappa shape index (κ2) is 9.17. The zero-order chi connectivity index (χ0) is 11.7. The standard InChI is InChI=1S/C13H29NO/c1-6-8-14-13(9-12(5)7-2)10-15-11(3)4/h11-14H,6-10H2,1-5H3. The molecule has 0 aliphatic carbocycles. The lowest BCUT2D eigenvalue weighted by molar-refractivity contribution is 0.0564. The molecule has 0 rings (SSSR count). The summed E-state index contributed by atoms with van der Waals surface area (Å²) in [5, 5.41) is 3.56. The molecular formula is C13H29NO. The predicted molar refractivity (Wildman–Crippen MR) is 67.2 cm³/mol. The summed E-state index contributed by atoms with van der Waals surface area (Å²) in [5.74, 6) is 0.787. The molecule has 0 aromatic carbocycles. The molecular weight excluding hydrogens is 186 g/mol. The van der Waals surface area contributed by atoms with Gasteiger partial charge in [0.1, 0.15) is 0 Å². The molecule has 92 valence electrons. The summed E-state index contributed by atoms with van der Waals surface area (Å²) in [5.41, 5.74) is 0. The van der Waals surface area contributed by atoms with Crippen molar-refractivity contribution in [1.29, 1.82) is 0 Å². The summed E-state index contributed by atoms with van der Waals surface area (Å²) in [6.45, 7) is 12.9. The van der Waals surface area contributed by atoms with E-state index in [-0.39, 0.29) is 0 Å². The van der Waals surface area contributed by atoms with Gasteiger partial charge in [-0.2, -0.15) is 0 Å². The highest BCUT2D eigenvalue weighted by molar-refractivity contribution is 4.69. The fraction of sp³-hybridized carbons (Fsp3) is 1.00. The normalized spacial score (nSPS) is 15.6. The third-order valence-corrected chi connectivity index (χ3v) is 2.70. The molecule has 2 unspecified atom stereocenters. The summed E-state index contributed by atoms with van der Waals surface area (Å²) < 4.78 is 5.68. The second-order valence-electron chi connectivity index (χ2n) is 4.78. The van der Waals surface area contributed by atoms with Gasteiger partial charge in [-0.3, -0.25) is 0 Å². The molecule has 2 atom stereocenters. The maximum Gasteiger partial charge on any atom is 0.0623 e. The van der Waals surface area contributed by atoms with Crippen LogP contribution in [0, 0.1) is 5.92 Å². The Labute approximate surface area is 95.8 Å². The first kappa shape index (κ1) is 14.9. The third kappa shape index (κ3) is 8.88. The molecule has 2 nitrogen and oxygen atoms in total. The lowest BCUT2D eigenvalue weighted by Crippen LogP contribution is -2.36. The second-order valence-corrected chi connectivity index (χ2v) is 4.78. The van der Waals surface area contributed by atoms with Crippen molar-refractivity contribution in [2.24, 2.45) is 5.92 Å². The number of ether oxygens (including phenoxy) is 1. The molecule has 0 aromatic heterocycles. The van der Waals surface area contributed by atoms with Crippen LogP contribution in [0.4, 0.5) is 0 Å². The van der Waals surface area contributed by atoms with Gasteiger partial charge >= 0.3 is 0 Å². The van der Waals surface area contributed by atoms with E-state index in [9.17, 15) is 0 Å². The monoisotopic (exact) mass is 215 g/mol. The van der Waals surface area contributed by atoms with Crippen molar-refractivity contribution in [2.45, 2.75) is 66.0 Å². The highest BCUT2D eigenvalue weighted by atomic mass is 16.5. The van der Waals surface area contributed by atoms with E-state index >= 15 is 0 Å². The van der Waals surface area contributed by atoms with Gasteiger partial charge in [0, 0.05) is 6.04 Å². The van der Waals surface area contributed by atoms with Crippen molar-refractivity contribution in [3.63, 3.8) is 0 Å². The van der Waals surface area contributed by atoms with Crippen molar-refractivity contribution in [3.8, 4) is 0 Å². The summed E-state index contributed by atoms with van der Waals surface area (Å²) >= 11 is 0. The van der Waals surface area contributed by atoms with Gasteiger partial charge in [0.25, 0.3) is 0 Å². The number of hydrogen-bond donors (Lipinski definition) is 1. The van der Waals surface area contributed by atoms with Crippen molar-refractivity contribution >= 4 is 0 Å². The average molecular weight is 215 g/mol. The predicted octanol–water partition coefficient (Wildman–Crippen LogP) is 3.22. The van der Waals surface area contributed by atoms with Crippen LogP contribution in [0.5, 0.6) is 0 Å². The van der Waals surface area contributed by atoms with E-state index in [1.165, 1.54) is 19.3 Å². The minimum absolute atomic E-state index is 0.341. The van der Waals surface area contributed by atoms with Gasteiger partial charge in [0.2, 0.25) is 0 Å². The Morgan fingerprint density at radius 1 is 1.13 bits per heavy atom. The summed E-state index contributed by atoms with van der Waals surface area (Å²) in [6.07, 6.45) is 4.02. The van der Waals surface area contributed by atoms with Gasteiger partial charge in [-0.15, -0.1) is 0 Å². The van der Waals surface area contributed by atoms with Gasteiger partial charge in [0.05, 0.1) is 12.7 Å². The molecule has 0 bridgehead atoms. The smallest absolute Gasteiger partial charge is 0.0623 e. The number of rotatable bonds is 9. The molecule has 0 radical (unpaired) electrons. The summed E-state index contributed by atoms with van der Waals surface area (Å²) in [6, 6.07) is 0.530. The Morgan fingerprint density at radius 3 is 2.27 bits per heavy atom. The van der Waals surface area contributed by atoms with Crippen molar-refractivity contribution in [2.75, 3.05) is 13.2 Å². The van der Waals surface area contributed by atoms with E-state index < -0.39 is 0 Å². The van der Waals surface area contributed by atoms with E-state index in [4.69, 9.17) is 4.74 Å². The molecule has 0 fully saturated rings. The first-order valence-corrected chi connectivity index (χ1v) is 6.45. The molecule has 1 N–H and O–H groups in total. The van der Waals surface area contributed by atoms with Gasteiger partial charge in [-0.25, -0.2) is 0 Å². The Hall–Kier alpha value is -0.0800. The topological polar surface area (TPSA) is 21.3 Å². The van der Waals surface area contributed by atoms with E-state index in [0.717, 1.165) is 19.1 Å². The molecule has 0 saturated carbocycles. The van der Waals surface area contributed by atoms with Crippen molar-refractivity contribution in [3.05, 3.63) is 0 Å². The highest BCUT2D eigenvalue weighted by Gasteiger charge is 2.12. The minimum Gasteiger partial charge on any atom is -0.377 e. The molecule has 0 amide bonds. The van der Waals surface area contributed by atoms with E-state index in [1.54, 1.807) is 0 Å². The summed E-state index contributed by atoms with van der Waals surface area (Å²) in [7, 11) is 0. The molecule has 2 heteroatoms. The molecule has 0 heterocycles. The molecule has 0 spiro atoms. The molecule has 15 heavy (non-hydrogen) atoms. The zero-order valence-electron chi connectivity index (χ0n) is 11.2.